The number of halogens is 1. The van der Waals surface area contributed by atoms with Gasteiger partial charge in [0.1, 0.15) is 5.75 Å². The molecule has 1 rings (SSSR count). The summed E-state index contributed by atoms with van der Waals surface area (Å²) in [6.45, 7) is 1.91. The van der Waals surface area contributed by atoms with Gasteiger partial charge in [-0.3, -0.25) is 0 Å². The van der Waals surface area contributed by atoms with Gasteiger partial charge >= 0.3 is 5.97 Å². The summed E-state index contributed by atoms with van der Waals surface area (Å²) in [5.41, 5.74) is 0. The van der Waals surface area contributed by atoms with Crippen LogP contribution in [-0.4, -0.2) is 13.1 Å². The van der Waals surface area contributed by atoms with Crippen molar-refractivity contribution >= 4 is 17.6 Å². The highest BCUT2D eigenvalue weighted by Crippen LogP contribution is 2.18. The summed E-state index contributed by atoms with van der Waals surface area (Å²) in [6.07, 6.45) is 2.36. The van der Waals surface area contributed by atoms with Crippen LogP contribution in [0.1, 0.15) is 13.3 Å². The number of esters is 1. The van der Waals surface area contributed by atoms with Crippen LogP contribution in [0.15, 0.2) is 36.1 Å². The van der Waals surface area contributed by atoms with Crippen molar-refractivity contribution in [1.82, 2.24) is 0 Å². The van der Waals surface area contributed by atoms with E-state index in [9.17, 15) is 4.79 Å². The first-order valence-corrected chi connectivity index (χ1v) is 5.27. The van der Waals surface area contributed by atoms with Crippen molar-refractivity contribution < 1.29 is 14.3 Å². The van der Waals surface area contributed by atoms with Crippen molar-refractivity contribution in [2.45, 2.75) is 13.3 Å². The molecule has 0 aromatic heterocycles. The molecule has 0 aliphatic carbocycles. The van der Waals surface area contributed by atoms with Crippen molar-refractivity contribution in [3.63, 3.8) is 0 Å². The molecule has 0 bridgehead atoms. The Morgan fingerprint density at radius 1 is 1.38 bits per heavy atom. The molecule has 0 heterocycles. The Labute approximate surface area is 99.6 Å². The van der Waals surface area contributed by atoms with Gasteiger partial charge in [0.25, 0.3) is 0 Å². The molecule has 86 valence electrons. The average molecular weight is 241 g/mol. The summed E-state index contributed by atoms with van der Waals surface area (Å²) in [5, 5.41) is 0.617. The normalized spacial score (nSPS) is 11.1. The molecule has 0 aliphatic heterocycles. The molecular formula is C12H13ClO3. The van der Waals surface area contributed by atoms with E-state index in [-0.39, 0.29) is 5.76 Å². The van der Waals surface area contributed by atoms with Crippen molar-refractivity contribution in [2.75, 3.05) is 7.11 Å². The zero-order valence-electron chi connectivity index (χ0n) is 9.20. The number of hydrogen-bond acceptors (Lipinski definition) is 3. The minimum absolute atomic E-state index is 0.187. The molecular weight excluding hydrogens is 228 g/mol. The number of carbonyl (C=O) groups is 1. The standard InChI is InChI=1S/C12H13ClO3/c1-3-4-11(12(14)15-2)16-10-7-5-9(13)6-8-10/h4-8H,3H2,1-2H3/b11-4-. The Hall–Kier alpha value is -1.48. The zero-order chi connectivity index (χ0) is 12.0. The van der Waals surface area contributed by atoms with E-state index in [1.165, 1.54) is 7.11 Å². The van der Waals surface area contributed by atoms with Gasteiger partial charge in [0.05, 0.1) is 7.11 Å². The number of hydrogen-bond donors (Lipinski definition) is 0. The Kier molecular flexibility index (Phi) is 4.86. The van der Waals surface area contributed by atoms with Crippen LogP contribution in [0.3, 0.4) is 0 Å². The van der Waals surface area contributed by atoms with Crippen molar-refractivity contribution in [3.05, 3.63) is 41.1 Å². The van der Waals surface area contributed by atoms with Crippen molar-refractivity contribution in [1.29, 1.82) is 0 Å². The van der Waals surface area contributed by atoms with E-state index in [0.717, 1.165) is 0 Å². The zero-order valence-corrected chi connectivity index (χ0v) is 9.95. The van der Waals surface area contributed by atoms with E-state index in [2.05, 4.69) is 4.74 Å². The van der Waals surface area contributed by atoms with Crippen molar-refractivity contribution in [3.8, 4) is 5.75 Å². The second-order valence-corrected chi connectivity index (χ2v) is 3.46. The van der Waals surface area contributed by atoms with Crippen LogP contribution in [0.5, 0.6) is 5.75 Å². The molecule has 3 nitrogen and oxygen atoms in total. The van der Waals surface area contributed by atoms with Gasteiger partial charge in [0.15, 0.2) is 0 Å². The molecule has 0 N–H and O–H groups in total. The van der Waals surface area contributed by atoms with Gasteiger partial charge in [0.2, 0.25) is 5.76 Å². The lowest BCUT2D eigenvalue weighted by Gasteiger charge is -2.07. The molecule has 0 aliphatic rings. The molecule has 0 amide bonds. The molecule has 0 radical (unpaired) electrons. The molecule has 0 unspecified atom stereocenters. The first-order chi connectivity index (χ1) is 7.67. The van der Waals surface area contributed by atoms with Crippen LogP contribution in [-0.2, 0) is 9.53 Å². The Morgan fingerprint density at radius 2 is 2.00 bits per heavy atom. The van der Waals surface area contributed by atoms with E-state index in [4.69, 9.17) is 16.3 Å². The summed E-state index contributed by atoms with van der Waals surface area (Å²) in [4.78, 5) is 11.3. The second-order valence-electron chi connectivity index (χ2n) is 3.02. The molecule has 0 fully saturated rings. The largest absolute Gasteiger partial charge is 0.463 e. The van der Waals surface area contributed by atoms with Gasteiger partial charge in [0, 0.05) is 5.02 Å². The van der Waals surface area contributed by atoms with E-state index < -0.39 is 5.97 Å². The van der Waals surface area contributed by atoms with Crippen LogP contribution in [0, 0.1) is 0 Å². The predicted molar refractivity (Wildman–Crippen MR) is 62.5 cm³/mol. The lowest BCUT2D eigenvalue weighted by molar-refractivity contribution is -0.138. The highest BCUT2D eigenvalue weighted by atomic mass is 35.5. The highest BCUT2D eigenvalue weighted by molar-refractivity contribution is 6.30. The molecule has 0 atom stereocenters. The summed E-state index contributed by atoms with van der Waals surface area (Å²) in [6, 6.07) is 6.76. The summed E-state index contributed by atoms with van der Waals surface area (Å²) < 4.78 is 9.99. The molecule has 4 heteroatoms. The molecule has 0 spiro atoms. The summed E-state index contributed by atoms with van der Waals surface area (Å²) in [7, 11) is 1.32. The minimum Gasteiger partial charge on any atom is -0.463 e. The van der Waals surface area contributed by atoms with Gasteiger partial charge < -0.3 is 9.47 Å². The predicted octanol–water partition coefficient (Wildman–Crippen LogP) is 3.19. The third kappa shape index (κ3) is 3.59. The number of rotatable bonds is 4. The number of methoxy groups -OCH3 is 1. The van der Waals surface area contributed by atoms with Crippen LogP contribution in [0.25, 0.3) is 0 Å². The van der Waals surface area contributed by atoms with Crippen LogP contribution in [0.4, 0.5) is 0 Å². The lowest BCUT2D eigenvalue weighted by atomic mass is 10.3. The Balaban J connectivity index is 2.80. The summed E-state index contributed by atoms with van der Waals surface area (Å²) >= 11 is 5.74. The maximum Gasteiger partial charge on any atom is 0.373 e. The smallest absolute Gasteiger partial charge is 0.373 e. The third-order valence-corrected chi connectivity index (χ3v) is 2.07. The first-order valence-electron chi connectivity index (χ1n) is 4.89. The molecule has 16 heavy (non-hydrogen) atoms. The Bertz CT molecular complexity index is 382. The SMILES string of the molecule is CC/C=C(\Oc1ccc(Cl)cc1)C(=O)OC. The number of carbonyl (C=O) groups excluding carboxylic acids is 1. The van der Waals surface area contributed by atoms with E-state index in [0.29, 0.717) is 17.2 Å². The quantitative estimate of drug-likeness (QED) is 0.461. The highest BCUT2D eigenvalue weighted by Gasteiger charge is 2.11. The van der Waals surface area contributed by atoms with Crippen LogP contribution < -0.4 is 4.74 Å². The fraction of sp³-hybridized carbons (Fsp3) is 0.250. The van der Waals surface area contributed by atoms with E-state index in [1.807, 2.05) is 6.92 Å². The number of allylic oxidation sites excluding steroid dienone is 1. The fourth-order valence-corrected chi connectivity index (χ4v) is 1.21. The third-order valence-electron chi connectivity index (χ3n) is 1.82. The summed E-state index contributed by atoms with van der Waals surface area (Å²) in [5.74, 6) is 0.249. The van der Waals surface area contributed by atoms with E-state index >= 15 is 0 Å². The molecule has 1 aromatic rings. The van der Waals surface area contributed by atoms with Gasteiger partial charge in [-0.1, -0.05) is 18.5 Å². The minimum atomic E-state index is -0.489. The average Bonchev–Trinajstić information content (AvgIpc) is 2.30. The second kappa shape index (κ2) is 6.18. The number of ether oxygens (including phenoxy) is 2. The Morgan fingerprint density at radius 3 is 2.50 bits per heavy atom. The molecule has 1 aromatic carbocycles. The van der Waals surface area contributed by atoms with E-state index in [1.54, 1.807) is 30.3 Å². The maximum absolute atomic E-state index is 11.3. The van der Waals surface area contributed by atoms with Crippen LogP contribution >= 0.6 is 11.6 Å². The van der Waals surface area contributed by atoms with Gasteiger partial charge in [-0.05, 0) is 36.8 Å². The fourth-order valence-electron chi connectivity index (χ4n) is 1.08. The lowest BCUT2D eigenvalue weighted by Crippen LogP contribution is -2.10. The number of benzene rings is 1. The molecule has 0 saturated carbocycles. The first kappa shape index (κ1) is 12.6. The van der Waals surface area contributed by atoms with Gasteiger partial charge in [-0.25, -0.2) is 4.79 Å². The molecule has 0 saturated heterocycles. The van der Waals surface area contributed by atoms with Gasteiger partial charge in [-0.2, -0.15) is 0 Å². The van der Waals surface area contributed by atoms with Gasteiger partial charge in [-0.15, -0.1) is 0 Å². The van der Waals surface area contributed by atoms with Crippen LogP contribution in [0.2, 0.25) is 5.02 Å². The monoisotopic (exact) mass is 240 g/mol. The maximum atomic E-state index is 11.3. The van der Waals surface area contributed by atoms with Crippen molar-refractivity contribution in [2.24, 2.45) is 0 Å². The topological polar surface area (TPSA) is 35.5 Å².